The zero-order chi connectivity index (χ0) is 21.9. The van der Waals surface area contributed by atoms with E-state index >= 15 is 0 Å². The standard InChI is InChI=1S/C23H23FN6OS/c24-16-4-3-9-25-19(16)12-26-22(31)20-14-32-23(29-20)15-7-10-30(13-15)11-8-21-27-17-5-1-2-6-18(17)28-21/h1-6,9,14-15H,7-8,10-13H2,(H,26,31)(H,27,28). The molecule has 0 bridgehead atoms. The lowest BCUT2D eigenvalue weighted by Crippen LogP contribution is -2.24. The molecule has 0 radical (unpaired) electrons. The molecule has 1 saturated heterocycles. The lowest BCUT2D eigenvalue weighted by Gasteiger charge is -2.14. The van der Waals surface area contributed by atoms with E-state index in [1.807, 2.05) is 24.3 Å². The van der Waals surface area contributed by atoms with Crippen LogP contribution < -0.4 is 5.32 Å². The van der Waals surface area contributed by atoms with Crippen molar-refractivity contribution in [3.63, 3.8) is 0 Å². The van der Waals surface area contributed by atoms with Gasteiger partial charge >= 0.3 is 0 Å². The van der Waals surface area contributed by atoms with Gasteiger partial charge in [-0.3, -0.25) is 9.78 Å². The van der Waals surface area contributed by atoms with Crippen molar-refractivity contribution in [2.75, 3.05) is 19.6 Å². The molecule has 0 saturated carbocycles. The molecule has 4 aromatic rings. The Balaban J connectivity index is 1.13. The first kappa shape index (κ1) is 20.7. The number of halogens is 1. The number of nitrogens with one attached hydrogen (secondary N) is 2. The maximum Gasteiger partial charge on any atom is 0.271 e. The fourth-order valence-electron chi connectivity index (χ4n) is 4.01. The van der Waals surface area contributed by atoms with Crippen LogP contribution >= 0.6 is 11.3 Å². The summed E-state index contributed by atoms with van der Waals surface area (Å²) in [6.45, 7) is 2.90. The lowest BCUT2D eigenvalue weighted by atomic mass is 10.1. The Bertz CT molecular complexity index is 1200. The van der Waals surface area contributed by atoms with E-state index in [1.54, 1.807) is 5.38 Å². The second kappa shape index (κ2) is 9.13. The van der Waals surface area contributed by atoms with Gasteiger partial charge in [-0.15, -0.1) is 11.3 Å². The molecule has 0 spiro atoms. The molecule has 1 aliphatic rings. The molecule has 1 atom stereocenters. The van der Waals surface area contributed by atoms with E-state index in [9.17, 15) is 9.18 Å². The van der Waals surface area contributed by atoms with Gasteiger partial charge in [0.05, 0.1) is 28.3 Å². The Morgan fingerprint density at radius 3 is 3.03 bits per heavy atom. The van der Waals surface area contributed by atoms with Gasteiger partial charge in [-0.25, -0.2) is 14.4 Å². The van der Waals surface area contributed by atoms with Gasteiger partial charge in [0.15, 0.2) is 0 Å². The van der Waals surface area contributed by atoms with E-state index in [-0.39, 0.29) is 18.1 Å². The number of carbonyl (C=O) groups excluding carboxylic acids is 1. The molecule has 2 N–H and O–H groups in total. The summed E-state index contributed by atoms with van der Waals surface area (Å²) < 4.78 is 13.7. The molecule has 3 aromatic heterocycles. The lowest BCUT2D eigenvalue weighted by molar-refractivity contribution is 0.0945. The van der Waals surface area contributed by atoms with E-state index in [2.05, 4.69) is 30.2 Å². The second-order valence-corrected chi connectivity index (χ2v) is 8.81. The first-order valence-corrected chi connectivity index (χ1v) is 11.5. The van der Waals surface area contributed by atoms with Crippen LogP contribution in [-0.4, -0.2) is 50.4 Å². The molecular weight excluding hydrogens is 427 g/mol. The van der Waals surface area contributed by atoms with Crippen molar-refractivity contribution in [2.45, 2.75) is 25.3 Å². The molecule has 1 amide bonds. The highest BCUT2D eigenvalue weighted by atomic mass is 32.1. The summed E-state index contributed by atoms with van der Waals surface area (Å²) in [5.74, 6) is 0.593. The molecule has 164 valence electrons. The van der Waals surface area contributed by atoms with Crippen molar-refractivity contribution < 1.29 is 9.18 Å². The maximum atomic E-state index is 13.7. The zero-order valence-corrected chi connectivity index (χ0v) is 18.2. The van der Waals surface area contributed by atoms with Gasteiger partial charge in [0.1, 0.15) is 17.3 Å². The van der Waals surface area contributed by atoms with Crippen molar-refractivity contribution in [3.05, 3.63) is 76.0 Å². The molecule has 1 aliphatic heterocycles. The van der Waals surface area contributed by atoms with E-state index in [0.29, 0.717) is 11.6 Å². The number of benzene rings is 1. The van der Waals surface area contributed by atoms with Crippen LogP contribution in [0.4, 0.5) is 4.39 Å². The first-order valence-electron chi connectivity index (χ1n) is 10.6. The SMILES string of the molecule is O=C(NCc1ncccc1F)c1csc(C2CCN(CCc3nc4ccccc4[nH]3)C2)n1. The molecule has 32 heavy (non-hydrogen) atoms. The third kappa shape index (κ3) is 4.53. The number of thiazole rings is 1. The topological polar surface area (TPSA) is 86.8 Å². The number of rotatable bonds is 7. The molecule has 1 fully saturated rings. The molecule has 4 heterocycles. The number of amides is 1. The molecule has 5 rings (SSSR count). The fourth-order valence-corrected chi connectivity index (χ4v) is 4.94. The zero-order valence-electron chi connectivity index (χ0n) is 17.4. The van der Waals surface area contributed by atoms with Crippen LogP contribution in [0.1, 0.15) is 39.4 Å². The predicted molar refractivity (Wildman–Crippen MR) is 121 cm³/mol. The minimum Gasteiger partial charge on any atom is -0.345 e. The third-order valence-corrected chi connectivity index (χ3v) is 6.74. The summed E-state index contributed by atoms with van der Waals surface area (Å²) in [4.78, 5) is 31.4. The maximum absolute atomic E-state index is 13.7. The third-order valence-electron chi connectivity index (χ3n) is 5.73. The quantitative estimate of drug-likeness (QED) is 0.450. The Labute approximate surface area is 188 Å². The number of imidazole rings is 1. The number of aromatic amines is 1. The Morgan fingerprint density at radius 2 is 2.16 bits per heavy atom. The van der Waals surface area contributed by atoms with E-state index in [1.165, 1.54) is 29.7 Å². The number of carbonyl (C=O) groups is 1. The highest BCUT2D eigenvalue weighted by Crippen LogP contribution is 2.29. The van der Waals surface area contributed by atoms with Crippen molar-refractivity contribution >= 4 is 28.3 Å². The van der Waals surface area contributed by atoms with Crippen LogP contribution in [0, 0.1) is 5.82 Å². The van der Waals surface area contributed by atoms with Gasteiger partial charge in [0.2, 0.25) is 0 Å². The van der Waals surface area contributed by atoms with Gasteiger partial charge in [-0.05, 0) is 37.2 Å². The van der Waals surface area contributed by atoms with E-state index < -0.39 is 5.82 Å². The van der Waals surface area contributed by atoms with Crippen molar-refractivity contribution in [2.24, 2.45) is 0 Å². The Hall–Kier alpha value is -3.17. The normalized spacial score (nSPS) is 16.6. The number of fused-ring (bicyclic) bond motifs is 1. The highest BCUT2D eigenvalue weighted by molar-refractivity contribution is 7.09. The van der Waals surface area contributed by atoms with Gasteiger partial charge in [0.25, 0.3) is 5.91 Å². The van der Waals surface area contributed by atoms with Gasteiger partial charge in [0, 0.05) is 37.0 Å². The Kier molecular flexibility index (Phi) is 5.91. The van der Waals surface area contributed by atoms with Crippen LogP contribution in [-0.2, 0) is 13.0 Å². The number of aromatic nitrogens is 4. The van der Waals surface area contributed by atoms with Crippen LogP contribution in [0.2, 0.25) is 0 Å². The summed E-state index contributed by atoms with van der Waals surface area (Å²) in [5.41, 5.74) is 2.66. The molecule has 7 nitrogen and oxygen atoms in total. The smallest absolute Gasteiger partial charge is 0.271 e. The number of hydrogen-bond acceptors (Lipinski definition) is 6. The van der Waals surface area contributed by atoms with Gasteiger partial charge < -0.3 is 15.2 Å². The largest absolute Gasteiger partial charge is 0.345 e. The average Bonchev–Trinajstić information content (AvgIpc) is 3.55. The number of pyridine rings is 1. The van der Waals surface area contributed by atoms with Crippen LogP contribution in [0.15, 0.2) is 48.0 Å². The summed E-state index contributed by atoms with van der Waals surface area (Å²) in [6, 6.07) is 10.9. The van der Waals surface area contributed by atoms with Crippen LogP contribution in [0.25, 0.3) is 11.0 Å². The second-order valence-electron chi connectivity index (χ2n) is 7.92. The molecule has 0 aliphatic carbocycles. The van der Waals surface area contributed by atoms with Crippen molar-refractivity contribution in [1.82, 2.24) is 30.2 Å². The monoisotopic (exact) mass is 450 g/mol. The number of H-pyrrole nitrogens is 1. The predicted octanol–water partition coefficient (Wildman–Crippen LogP) is 3.52. The van der Waals surface area contributed by atoms with Crippen LogP contribution in [0.5, 0.6) is 0 Å². The highest BCUT2D eigenvalue weighted by Gasteiger charge is 2.27. The number of likely N-dealkylation sites (tertiary alicyclic amines) is 1. The molecule has 9 heteroatoms. The fraction of sp³-hybridized carbons (Fsp3) is 0.304. The van der Waals surface area contributed by atoms with Crippen LogP contribution in [0.3, 0.4) is 0 Å². The average molecular weight is 451 g/mol. The summed E-state index contributed by atoms with van der Waals surface area (Å²) in [6.07, 6.45) is 3.40. The first-order chi connectivity index (χ1) is 15.7. The van der Waals surface area contributed by atoms with Crippen molar-refractivity contribution in [3.8, 4) is 0 Å². The number of nitrogens with zero attached hydrogens (tertiary/aromatic N) is 4. The summed E-state index contributed by atoms with van der Waals surface area (Å²) in [5, 5.41) is 5.45. The number of para-hydroxylation sites is 2. The minimum atomic E-state index is -0.430. The molecule has 1 unspecified atom stereocenters. The molecular formula is C23H23FN6OS. The van der Waals surface area contributed by atoms with Crippen molar-refractivity contribution in [1.29, 1.82) is 0 Å². The summed E-state index contributed by atoms with van der Waals surface area (Å²) in [7, 11) is 0. The Morgan fingerprint density at radius 1 is 1.25 bits per heavy atom. The minimum absolute atomic E-state index is 0.0391. The van der Waals surface area contributed by atoms with Gasteiger partial charge in [-0.2, -0.15) is 0 Å². The number of hydrogen-bond donors (Lipinski definition) is 2. The van der Waals surface area contributed by atoms with Gasteiger partial charge in [-0.1, -0.05) is 12.1 Å². The summed E-state index contributed by atoms with van der Waals surface area (Å²) >= 11 is 1.51. The van der Waals surface area contributed by atoms with E-state index in [4.69, 9.17) is 0 Å². The molecule has 1 aromatic carbocycles. The van der Waals surface area contributed by atoms with E-state index in [0.717, 1.165) is 54.3 Å².